The number of ether oxygens (including phenoxy) is 1. The summed E-state index contributed by atoms with van der Waals surface area (Å²) in [6, 6.07) is 8.86. The van der Waals surface area contributed by atoms with E-state index >= 15 is 0 Å². The third-order valence-corrected chi connectivity index (χ3v) is 3.42. The molecule has 0 radical (unpaired) electrons. The van der Waals surface area contributed by atoms with E-state index in [0.29, 0.717) is 12.1 Å². The molecule has 1 N–H and O–H groups in total. The first kappa shape index (κ1) is 11.5. The number of hydrogen-bond donors (Lipinski definition) is 1. The third-order valence-electron chi connectivity index (χ3n) is 3.42. The number of benzene rings is 1. The molecule has 2 rings (SSSR count). The van der Waals surface area contributed by atoms with Crippen LogP contribution in [-0.2, 0) is 0 Å². The monoisotopic (exact) mass is 219 g/mol. The van der Waals surface area contributed by atoms with Gasteiger partial charge >= 0.3 is 0 Å². The summed E-state index contributed by atoms with van der Waals surface area (Å²) in [4.78, 5) is 0. The van der Waals surface area contributed by atoms with Gasteiger partial charge in [0.25, 0.3) is 0 Å². The zero-order chi connectivity index (χ0) is 11.4. The maximum Gasteiger partial charge on any atom is 0.119 e. The molecule has 0 spiro atoms. The van der Waals surface area contributed by atoms with E-state index in [4.69, 9.17) is 4.74 Å². The molecule has 16 heavy (non-hydrogen) atoms. The lowest BCUT2D eigenvalue weighted by Crippen LogP contribution is -2.13. The van der Waals surface area contributed by atoms with E-state index < -0.39 is 0 Å². The summed E-state index contributed by atoms with van der Waals surface area (Å²) in [6.45, 7) is 2.16. The first-order valence-corrected chi connectivity index (χ1v) is 6.23. The van der Waals surface area contributed by atoms with E-state index in [0.717, 1.165) is 5.75 Å². The molecule has 1 saturated carbocycles. The average Bonchev–Trinajstić information content (AvgIpc) is 2.82. The van der Waals surface area contributed by atoms with Crippen molar-refractivity contribution in [2.75, 3.05) is 7.05 Å². The second kappa shape index (κ2) is 5.35. The van der Waals surface area contributed by atoms with Gasteiger partial charge in [-0.3, -0.25) is 0 Å². The van der Waals surface area contributed by atoms with Gasteiger partial charge in [-0.2, -0.15) is 0 Å². The predicted octanol–water partition coefficient (Wildman–Crippen LogP) is 3.29. The van der Waals surface area contributed by atoms with Crippen LogP contribution in [0.4, 0.5) is 0 Å². The third kappa shape index (κ3) is 2.76. The predicted molar refractivity (Wildman–Crippen MR) is 66.8 cm³/mol. The van der Waals surface area contributed by atoms with E-state index in [-0.39, 0.29) is 0 Å². The Morgan fingerprint density at radius 3 is 2.38 bits per heavy atom. The molecule has 0 aliphatic heterocycles. The Kier molecular flexibility index (Phi) is 3.83. The maximum atomic E-state index is 5.92. The van der Waals surface area contributed by atoms with E-state index in [1.165, 1.54) is 31.2 Å². The summed E-state index contributed by atoms with van der Waals surface area (Å²) < 4.78 is 5.92. The van der Waals surface area contributed by atoms with Crippen molar-refractivity contribution in [3.05, 3.63) is 29.8 Å². The molecular formula is C14H21NO. The van der Waals surface area contributed by atoms with Gasteiger partial charge in [-0.25, -0.2) is 0 Å². The van der Waals surface area contributed by atoms with E-state index in [9.17, 15) is 0 Å². The molecular weight excluding hydrogens is 198 g/mol. The van der Waals surface area contributed by atoms with Gasteiger partial charge in [0.2, 0.25) is 0 Å². The molecule has 0 aromatic heterocycles. The van der Waals surface area contributed by atoms with E-state index in [1.54, 1.807) is 0 Å². The Morgan fingerprint density at radius 2 is 1.81 bits per heavy atom. The summed E-state index contributed by atoms with van der Waals surface area (Å²) in [6.07, 6.45) is 5.52. The van der Waals surface area contributed by atoms with E-state index in [2.05, 4.69) is 36.5 Å². The molecule has 1 atom stereocenters. The minimum atomic E-state index is 0.403. The summed E-state index contributed by atoms with van der Waals surface area (Å²) in [7, 11) is 1.98. The highest BCUT2D eigenvalue weighted by Gasteiger charge is 2.16. The molecule has 1 unspecified atom stereocenters. The second-order valence-electron chi connectivity index (χ2n) is 4.60. The normalized spacial score (nSPS) is 18.6. The summed E-state index contributed by atoms with van der Waals surface area (Å²) in [5, 5.41) is 3.23. The Balaban J connectivity index is 1.96. The minimum absolute atomic E-state index is 0.403. The van der Waals surface area contributed by atoms with Crippen molar-refractivity contribution in [1.29, 1.82) is 0 Å². The van der Waals surface area contributed by atoms with Crippen molar-refractivity contribution in [3.63, 3.8) is 0 Å². The first-order chi connectivity index (χ1) is 7.79. The van der Waals surface area contributed by atoms with Crippen molar-refractivity contribution >= 4 is 0 Å². The van der Waals surface area contributed by atoms with Crippen LogP contribution < -0.4 is 10.1 Å². The van der Waals surface area contributed by atoms with Crippen LogP contribution in [-0.4, -0.2) is 13.2 Å². The van der Waals surface area contributed by atoms with Crippen molar-refractivity contribution in [3.8, 4) is 5.75 Å². The van der Waals surface area contributed by atoms with Gasteiger partial charge in [-0.05, 0) is 57.4 Å². The quantitative estimate of drug-likeness (QED) is 0.839. The first-order valence-electron chi connectivity index (χ1n) is 6.23. The summed E-state index contributed by atoms with van der Waals surface area (Å²) in [5.41, 5.74) is 1.31. The zero-order valence-corrected chi connectivity index (χ0v) is 10.2. The molecule has 2 heteroatoms. The van der Waals surface area contributed by atoms with Gasteiger partial charge in [0.05, 0.1) is 6.10 Å². The molecule has 88 valence electrons. The molecule has 0 amide bonds. The molecule has 1 aliphatic carbocycles. The maximum absolute atomic E-state index is 5.92. The molecule has 1 fully saturated rings. The standard InChI is InChI=1S/C14H21NO/c1-11(15-2)12-7-9-14(10-8-12)16-13-5-3-4-6-13/h7-11,13,15H,3-6H2,1-2H3. The summed E-state index contributed by atoms with van der Waals surface area (Å²) >= 11 is 0. The second-order valence-corrected chi connectivity index (χ2v) is 4.60. The summed E-state index contributed by atoms with van der Waals surface area (Å²) in [5.74, 6) is 1.01. The van der Waals surface area contributed by atoms with Crippen molar-refractivity contribution in [1.82, 2.24) is 5.32 Å². The fourth-order valence-electron chi connectivity index (χ4n) is 2.20. The van der Waals surface area contributed by atoms with E-state index in [1.807, 2.05) is 7.05 Å². The molecule has 1 aromatic carbocycles. The van der Waals surface area contributed by atoms with Crippen LogP contribution in [0.5, 0.6) is 5.75 Å². The highest BCUT2D eigenvalue weighted by molar-refractivity contribution is 5.29. The topological polar surface area (TPSA) is 21.3 Å². The molecule has 0 heterocycles. The fraction of sp³-hybridized carbons (Fsp3) is 0.571. The van der Waals surface area contributed by atoms with Crippen LogP contribution in [0.1, 0.15) is 44.2 Å². The Labute approximate surface area is 98.0 Å². The highest BCUT2D eigenvalue weighted by atomic mass is 16.5. The van der Waals surface area contributed by atoms with Gasteiger partial charge in [0, 0.05) is 6.04 Å². The van der Waals surface area contributed by atoms with Gasteiger partial charge in [0.1, 0.15) is 5.75 Å². The van der Waals surface area contributed by atoms with Crippen molar-refractivity contribution in [2.45, 2.75) is 44.8 Å². The lowest BCUT2D eigenvalue weighted by Gasteiger charge is -2.15. The lowest BCUT2D eigenvalue weighted by molar-refractivity contribution is 0.210. The average molecular weight is 219 g/mol. The Bertz CT molecular complexity index is 314. The lowest BCUT2D eigenvalue weighted by atomic mass is 10.1. The molecule has 1 aliphatic rings. The van der Waals surface area contributed by atoms with Crippen molar-refractivity contribution in [2.24, 2.45) is 0 Å². The highest BCUT2D eigenvalue weighted by Crippen LogP contribution is 2.25. The zero-order valence-electron chi connectivity index (χ0n) is 10.2. The van der Waals surface area contributed by atoms with Crippen LogP contribution in [0.15, 0.2) is 24.3 Å². The largest absolute Gasteiger partial charge is 0.490 e. The number of hydrogen-bond acceptors (Lipinski definition) is 2. The molecule has 0 bridgehead atoms. The Morgan fingerprint density at radius 1 is 1.19 bits per heavy atom. The SMILES string of the molecule is CNC(C)c1ccc(OC2CCCC2)cc1. The molecule has 0 saturated heterocycles. The van der Waals surface area contributed by atoms with Crippen LogP contribution in [0.2, 0.25) is 0 Å². The molecule has 1 aromatic rings. The van der Waals surface area contributed by atoms with Crippen molar-refractivity contribution < 1.29 is 4.74 Å². The minimum Gasteiger partial charge on any atom is -0.490 e. The van der Waals surface area contributed by atoms with Gasteiger partial charge < -0.3 is 10.1 Å². The van der Waals surface area contributed by atoms with Crippen LogP contribution in [0.25, 0.3) is 0 Å². The smallest absolute Gasteiger partial charge is 0.119 e. The van der Waals surface area contributed by atoms with Gasteiger partial charge in [-0.1, -0.05) is 12.1 Å². The van der Waals surface area contributed by atoms with Crippen LogP contribution in [0.3, 0.4) is 0 Å². The van der Waals surface area contributed by atoms with Crippen LogP contribution in [0, 0.1) is 0 Å². The fourth-order valence-corrected chi connectivity index (χ4v) is 2.20. The Hall–Kier alpha value is -1.02. The van der Waals surface area contributed by atoms with Gasteiger partial charge in [-0.15, -0.1) is 0 Å². The van der Waals surface area contributed by atoms with Gasteiger partial charge in [0.15, 0.2) is 0 Å². The van der Waals surface area contributed by atoms with Crippen LogP contribution >= 0.6 is 0 Å². The molecule has 2 nitrogen and oxygen atoms in total. The number of rotatable bonds is 4. The number of nitrogens with one attached hydrogen (secondary N) is 1.